The predicted octanol–water partition coefficient (Wildman–Crippen LogP) is 0.768. The summed E-state index contributed by atoms with van der Waals surface area (Å²) in [5.74, 6) is -0.473. The van der Waals surface area contributed by atoms with Crippen molar-refractivity contribution in [2.45, 2.75) is 5.92 Å². The van der Waals surface area contributed by atoms with Gasteiger partial charge in [-0.05, 0) is 0 Å². The van der Waals surface area contributed by atoms with Crippen LogP contribution in [0.15, 0.2) is 30.3 Å². The highest BCUT2D eigenvalue weighted by Gasteiger charge is 2.40. The average Bonchev–Trinajstić information content (AvgIpc) is 2.18. The summed E-state index contributed by atoms with van der Waals surface area (Å²) < 4.78 is 26.1. The van der Waals surface area contributed by atoms with Gasteiger partial charge in [0.15, 0.2) is 0 Å². The van der Waals surface area contributed by atoms with Gasteiger partial charge in [-0.25, -0.2) is 5.84 Å². The maximum Gasteiger partial charge on any atom is 0.351 e. The van der Waals surface area contributed by atoms with Crippen LogP contribution in [0.4, 0.5) is 8.78 Å². The number of hydrogen-bond acceptors (Lipinski definition) is 2. The van der Waals surface area contributed by atoms with Crippen LogP contribution in [0.25, 0.3) is 0 Å². The van der Waals surface area contributed by atoms with E-state index in [0.29, 0.717) is 0 Å². The van der Waals surface area contributed by atoms with Gasteiger partial charge in [-0.2, -0.15) is 8.78 Å². The second-order valence-corrected chi connectivity index (χ2v) is 2.41. The van der Waals surface area contributed by atoms with Crippen molar-refractivity contribution in [2.75, 3.05) is 0 Å². The zero-order valence-electron chi connectivity index (χ0n) is 6.63. The Kier molecular flexibility index (Phi) is 2.57. The van der Waals surface area contributed by atoms with Crippen molar-refractivity contribution in [3.8, 4) is 0 Å². The topological polar surface area (TPSA) is 55.1 Å². The Morgan fingerprint density at radius 2 is 1.85 bits per heavy atom. The Labute approximate surface area is 73.5 Å². The minimum Gasteiger partial charge on any atom is -0.289 e. The highest BCUT2D eigenvalue weighted by molar-refractivity contribution is 5.84. The summed E-state index contributed by atoms with van der Waals surface area (Å²) in [6.45, 7) is 0. The lowest BCUT2D eigenvalue weighted by Gasteiger charge is -2.13. The first-order valence-corrected chi connectivity index (χ1v) is 3.53. The molecule has 0 aliphatic rings. The molecule has 0 atom stereocenters. The van der Waals surface area contributed by atoms with Gasteiger partial charge in [0.05, 0.1) is 0 Å². The number of hydrogen-bond donors (Lipinski definition) is 2. The van der Waals surface area contributed by atoms with Gasteiger partial charge in [0, 0.05) is 5.56 Å². The lowest BCUT2D eigenvalue weighted by atomic mass is 10.1. The number of hydrazine groups is 1. The molecule has 0 aliphatic heterocycles. The molecule has 0 spiro atoms. The minimum absolute atomic E-state index is 0.377. The van der Waals surface area contributed by atoms with Crippen LogP contribution < -0.4 is 11.3 Å². The Hall–Kier alpha value is -1.49. The van der Waals surface area contributed by atoms with Crippen LogP contribution >= 0.6 is 0 Å². The number of nitrogens with one attached hydrogen (secondary N) is 1. The molecule has 0 saturated carbocycles. The van der Waals surface area contributed by atoms with Crippen molar-refractivity contribution in [3.05, 3.63) is 35.9 Å². The monoisotopic (exact) mass is 186 g/mol. The van der Waals surface area contributed by atoms with E-state index in [0.717, 1.165) is 12.1 Å². The quantitative estimate of drug-likeness (QED) is 0.407. The molecule has 0 saturated heterocycles. The maximum atomic E-state index is 13.1. The summed E-state index contributed by atoms with van der Waals surface area (Å²) in [5.41, 5.74) is 1.04. The third kappa shape index (κ3) is 1.81. The largest absolute Gasteiger partial charge is 0.351 e. The normalized spacial score (nSPS) is 11.0. The van der Waals surface area contributed by atoms with E-state index in [1.54, 1.807) is 6.07 Å². The lowest BCUT2D eigenvalue weighted by Crippen LogP contribution is -2.41. The van der Waals surface area contributed by atoms with Crippen molar-refractivity contribution in [1.29, 1.82) is 0 Å². The lowest BCUT2D eigenvalue weighted by molar-refractivity contribution is -0.147. The molecule has 0 aliphatic carbocycles. The number of carbonyl (C=O) groups is 1. The summed E-state index contributed by atoms with van der Waals surface area (Å²) in [4.78, 5) is 10.6. The Morgan fingerprint density at radius 1 is 1.31 bits per heavy atom. The molecule has 0 radical (unpaired) electrons. The van der Waals surface area contributed by atoms with E-state index in [1.807, 2.05) is 0 Å². The van der Waals surface area contributed by atoms with Crippen LogP contribution in [0, 0.1) is 0 Å². The van der Waals surface area contributed by atoms with E-state index < -0.39 is 11.8 Å². The molecular formula is C8H8F2N2O. The van der Waals surface area contributed by atoms with Gasteiger partial charge >= 0.3 is 11.8 Å². The summed E-state index contributed by atoms with van der Waals surface area (Å²) in [6.07, 6.45) is 0. The van der Waals surface area contributed by atoms with Gasteiger partial charge in [0.2, 0.25) is 0 Å². The van der Waals surface area contributed by atoms with Gasteiger partial charge in [-0.15, -0.1) is 0 Å². The SMILES string of the molecule is NNC(=O)C(F)(F)c1ccccc1. The fourth-order valence-electron chi connectivity index (χ4n) is 0.869. The molecule has 3 N–H and O–H groups in total. The number of alkyl halides is 2. The Morgan fingerprint density at radius 3 is 2.31 bits per heavy atom. The van der Waals surface area contributed by atoms with Crippen molar-refractivity contribution in [1.82, 2.24) is 5.43 Å². The highest BCUT2D eigenvalue weighted by atomic mass is 19.3. The van der Waals surface area contributed by atoms with Crippen molar-refractivity contribution >= 4 is 5.91 Å². The van der Waals surface area contributed by atoms with Crippen molar-refractivity contribution in [2.24, 2.45) is 5.84 Å². The summed E-state index contributed by atoms with van der Waals surface area (Å²) in [5, 5.41) is 0. The van der Waals surface area contributed by atoms with Gasteiger partial charge < -0.3 is 0 Å². The third-order valence-corrected chi connectivity index (χ3v) is 1.55. The van der Waals surface area contributed by atoms with Crippen LogP contribution in [0.2, 0.25) is 0 Å². The van der Waals surface area contributed by atoms with Crippen LogP contribution in [0.5, 0.6) is 0 Å². The summed E-state index contributed by atoms with van der Waals surface area (Å²) in [7, 11) is 0. The molecule has 0 aromatic heterocycles. The zero-order chi connectivity index (χ0) is 9.90. The number of nitrogens with two attached hydrogens (primary N) is 1. The van der Waals surface area contributed by atoms with E-state index in [-0.39, 0.29) is 5.56 Å². The fraction of sp³-hybridized carbons (Fsp3) is 0.125. The average molecular weight is 186 g/mol. The molecular weight excluding hydrogens is 178 g/mol. The number of benzene rings is 1. The fourth-order valence-corrected chi connectivity index (χ4v) is 0.869. The predicted molar refractivity (Wildman–Crippen MR) is 42.7 cm³/mol. The molecule has 1 aromatic rings. The molecule has 13 heavy (non-hydrogen) atoms. The molecule has 1 amide bonds. The molecule has 0 fully saturated rings. The minimum atomic E-state index is -3.57. The molecule has 1 aromatic carbocycles. The Balaban J connectivity index is 3.00. The van der Waals surface area contributed by atoms with Gasteiger partial charge in [-0.3, -0.25) is 10.2 Å². The van der Waals surface area contributed by atoms with Crippen molar-refractivity contribution in [3.63, 3.8) is 0 Å². The molecule has 0 bridgehead atoms. The van der Waals surface area contributed by atoms with Gasteiger partial charge in [0.25, 0.3) is 0 Å². The second kappa shape index (κ2) is 3.49. The maximum absolute atomic E-state index is 13.1. The van der Waals surface area contributed by atoms with Crippen LogP contribution in [-0.4, -0.2) is 5.91 Å². The van der Waals surface area contributed by atoms with E-state index in [2.05, 4.69) is 5.84 Å². The van der Waals surface area contributed by atoms with E-state index in [1.165, 1.54) is 17.6 Å². The number of amides is 1. The first-order chi connectivity index (χ1) is 6.09. The van der Waals surface area contributed by atoms with Gasteiger partial charge in [-0.1, -0.05) is 30.3 Å². The van der Waals surface area contributed by atoms with Gasteiger partial charge in [0.1, 0.15) is 0 Å². The third-order valence-electron chi connectivity index (χ3n) is 1.55. The van der Waals surface area contributed by atoms with Crippen LogP contribution in [0.3, 0.4) is 0 Å². The standard InChI is InChI=1S/C8H8F2N2O/c9-8(10,7(13)12-11)6-4-2-1-3-5-6/h1-5H,11H2,(H,12,13). The summed E-state index contributed by atoms with van der Waals surface area (Å²) in [6, 6.07) is 6.75. The van der Waals surface area contributed by atoms with E-state index in [4.69, 9.17) is 0 Å². The molecule has 1 rings (SSSR count). The number of carbonyl (C=O) groups excluding carboxylic acids is 1. The molecule has 0 heterocycles. The Bertz CT molecular complexity index is 300. The zero-order valence-corrected chi connectivity index (χ0v) is 6.63. The van der Waals surface area contributed by atoms with Crippen LogP contribution in [-0.2, 0) is 10.7 Å². The smallest absolute Gasteiger partial charge is 0.289 e. The van der Waals surface area contributed by atoms with E-state index >= 15 is 0 Å². The molecule has 70 valence electrons. The molecule has 5 heteroatoms. The highest BCUT2D eigenvalue weighted by Crippen LogP contribution is 2.27. The summed E-state index contributed by atoms with van der Waals surface area (Å²) >= 11 is 0. The van der Waals surface area contributed by atoms with Crippen molar-refractivity contribution < 1.29 is 13.6 Å². The molecule has 3 nitrogen and oxygen atoms in total. The van der Waals surface area contributed by atoms with E-state index in [9.17, 15) is 13.6 Å². The number of halogens is 2. The first-order valence-electron chi connectivity index (χ1n) is 3.53. The second-order valence-electron chi connectivity index (χ2n) is 2.41. The molecule has 0 unspecified atom stereocenters. The van der Waals surface area contributed by atoms with Crippen LogP contribution in [0.1, 0.15) is 5.56 Å². The number of rotatable bonds is 2. The first kappa shape index (κ1) is 9.60.